The molecule has 1 aromatic heterocycles. The molecule has 0 aliphatic rings. The zero-order chi connectivity index (χ0) is 6.15. The lowest BCUT2D eigenvalue weighted by atomic mass is 10.4. The molecule has 1 aromatic rings. The Morgan fingerprint density at radius 2 is 2.38 bits per heavy atom. The molecule has 0 radical (unpaired) electrons. The summed E-state index contributed by atoms with van der Waals surface area (Å²) in [6, 6.07) is 0.777. The molecule has 0 aliphatic carbocycles. The maximum atomic E-state index is 12.0. The van der Waals surface area contributed by atoms with E-state index in [2.05, 4.69) is 20.3 Å². The van der Waals surface area contributed by atoms with Crippen LogP contribution in [0.4, 0.5) is 4.39 Å². The van der Waals surface area contributed by atoms with Crippen LogP contribution >= 0.6 is 15.9 Å². The van der Waals surface area contributed by atoms with Crippen molar-refractivity contribution in [1.29, 1.82) is 0 Å². The van der Waals surface area contributed by atoms with Crippen molar-refractivity contribution in [3.63, 3.8) is 0 Å². The Labute approximate surface area is 54.6 Å². The Balaban J connectivity index is 3.14. The van der Waals surface area contributed by atoms with Gasteiger partial charge < -0.3 is 4.42 Å². The molecule has 0 N–H and O–H groups in total. The third kappa shape index (κ3) is 0.916. The van der Waals surface area contributed by atoms with Crippen LogP contribution in [0.2, 0.25) is 0 Å². The molecule has 1 heterocycles. The molecular weight excluding hydrogens is 175 g/mol. The third-order valence-electron chi connectivity index (χ3n) is 0.827. The second kappa shape index (κ2) is 1.90. The monoisotopic (exact) mass is 178 g/mol. The molecule has 0 saturated heterocycles. The quantitative estimate of drug-likeness (QED) is 0.596. The molecule has 0 unspecified atom stereocenters. The van der Waals surface area contributed by atoms with Crippen LogP contribution in [-0.2, 0) is 0 Å². The highest BCUT2D eigenvalue weighted by molar-refractivity contribution is 9.10. The first kappa shape index (κ1) is 5.82. The Kier molecular flexibility index (Phi) is 1.38. The number of aryl methyl sites for hydroxylation is 1. The fourth-order valence-corrected chi connectivity index (χ4v) is 0.692. The molecule has 8 heavy (non-hydrogen) atoms. The second-order valence-electron chi connectivity index (χ2n) is 1.51. The van der Waals surface area contributed by atoms with Gasteiger partial charge in [0.05, 0.1) is 0 Å². The van der Waals surface area contributed by atoms with Crippen LogP contribution in [0.25, 0.3) is 0 Å². The summed E-state index contributed by atoms with van der Waals surface area (Å²) in [5.74, 6) is 0. The van der Waals surface area contributed by atoms with Crippen molar-refractivity contribution in [3.8, 4) is 0 Å². The van der Waals surface area contributed by atoms with E-state index in [1.165, 1.54) is 6.07 Å². The van der Waals surface area contributed by atoms with Gasteiger partial charge in [-0.2, -0.15) is 4.39 Å². The van der Waals surface area contributed by atoms with Crippen molar-refractivity contribution in [2.24, 2.45) is 0 Å². The smallest absolute Gasteiger partial charge is 0.279 e. The summed E-state index contributed by atoms with van der Waals surface area (Å²) in [5.41, 5.74) is 0.780. The Morgan fingerprint density at radius 3 is 2.50 bits per heavy atom. The van der Waals surface area contributed by atoms with Crippen LogP contribution in [0.1, 0.15) is 5.56 Å². The van der Waals surface area contributed by atoms with E-state index < -0.39 is 6.01 Å². The summed E-state index contributed by atoms with van der Waals surface area (Å²) in [4.78, 5) is 0. The molecule has 0 fully saturated rings. The zero-order valence-electron chi connectivity index (χ0n) is 4.24. The number of hydrogen-bond donors (Lipinski definition) is 0. The Hall–Kier alpha value is -0.310. The molecule has 0 atom stereocenters. The summed E-state index contributed by atoms with van der Waals surface area (Å²) in [6.07, 6.45) is 0. The van der Waals surface area contributed by atoms with Gasteiger partial charge in [0, 0.05) is 11.6 Å². The van der Waals surface area contributed by atoms with Crippen LogP contribution in [0, 0.1) is 12.9 Å². The minimum atomic E-state index is -0.547. The lowest BCUT2D eigenvalue weighted by Gasteiger charge is -1.76. The van der Waals surface area contributed by atoms with Gasteiger partial charge in [0.15, 0.2) is 4.67 Å². The normalized spacial score (nSPS) is 9.88. The highest BCUT2D eigenvalue weighted by Crippen LogP contribution is 2.18. The summed E-state index contributed by atoms with van der Waals surface area (Å²) >= 11 is 3.01. The minimum absolute atomic E-state index is 0.468. The van der Waals surface area contributed by atoms with E-state index in [-0.39, 0.29) is 0 Å². The van der Waals surface area contributed by atoms with E-state index >= 15 is 0 Å². The summed E-state index contributed by atoms with van der Waals surface area (Å²) in [5, 5.41) is 0. The van der Waals surface area contributed by atoms with Gasteiger partial charge in [-0.15, -0.1) is 0 Å². The van der Waals surface area contributed by atoms with Crippen molar-refractivity contribution in [1.82, 2.24) is 0 Å². The largest absolute Gasteiger partial charge is 0.424 e. The van der Waals surface area contributed by atoms with Crippen molar-refractivity contribution in [2.75, 3.05) is 0 Å². The van der Waals surface area contributed by atoms with Gasteiger partial charge in [0.2, 0.25) is 0 Å². The summed E-state index contributed by atoms with van der Waals surface area (Å²) in [7, 11) is 0. The van der Waals surface area contributed by atoms with Gasteiger partial charge in [0.25, 0.3) is 6.01 Å². The van der Waals surface area contributed by atoms with Gasteiger partial charge in [-0.3, -0.25) is 0 Å². The first-order valence-corrected chi connectivity index (χ1v) is 2.91. The minimum Gasteiger partial charge on any atom is -0.424 e. The number of rotatable bonds is 0. The van der Waals surface area contributed by atoms with E-state index in [0.29, 0.717) is 4.67 Å². The second-order valence-corrected chi connectivity index (χ2v) is 2.23. The molecule has 0 bridgehead atoms. The van der Waals surface area contributed by atoms with E-state index in [1.54, 1.807) is 6.92 Å². The molecule has 0 aromatic carbocycles. The Bertz CT molecular complexity index is 175. The average Bonchev–Trinajstić information content (AvgIpc) is 1.85. The van der Waals surface area contributed by atoms with Crippen LogP contribution < -0.4 is 0 Å². The Morgan fingerprint density at radius 1 is 1.75 bits per heavy atom. The van der Waals surface area contributed by atoms with Gasteiger partial charge in [-0.1, -0.05) is 0 Å². The molecule has 44 valence electrons. The van der Waals surface area contributed by atoms with Gasteiger partial charge in [0.1, 0.15) is 0 Å². The van der Waals surface area contributed by atoms with Gasteiger partial charge in [-0.25, -0.2) is 0 Å². The molecule has 3 heteroatoms. The van der Waals surface area contributed by atoms with Crippen LogP contribution in [0.5, 0.6) is 0 Å². The lowest BCUT2D eigenvalue weighted by molar-refractivity contribution is 0.346. The number of furan rings is 1. The predicted octanol–water partition coefficient (Wildman–Crippen LogP) is 2.49. The highest BCUT2D eigenvalue weighted by Gasteiger charge is 2.00. The van der Waals surface area contributed by atoms with Crippen molar-refractivity contribution >= 4 is 15.9 Å². The molecule has 0 spiro atoms. The van der Waals surface area contributed by atoms with Gasteiger partial charge in [-0.05, 0) is 22.9 Å². The molecule has 0 amide bonds. The maximum absolute atomic E-state index is 12.0. The van der Waals surface area contributed by atoms with Gasteiger partial charge >= 0.3 is 0 Å². The number of halogens is 2. The first-order valence-electron chi connectivity index (χ1n) is 2.11. The predicted molar refractivity (Wildman–Crippen MR) is 31.1 cm³/mol. The topological polar surface area (TPSA) is 13.1 Å². The third-order valence-corrected chi connectivity index (χ3v) is 1.61. The van der Waals surface area contributed by atoms with Crippen LogP contribution in [0.15, 0.2) is 15.2 Å². The maximum Gasteiger partial charge on any atom is 0.279 e. The fourth-order valence-electron chi connectivity index (χ4n) is 0.423. The summed E-state index contributed by atoms with van der Waals surface area (Å²) in [6.45, 7) is 1.76. The SMILES string of the molecule is Cc1cc(F)oc1Br. The van der Waals surface area contributed by atoms with E-state index in [1.807, 2.05) is 0 Å². The van der Waals surface area contributed by atoms with E-state index in [0.717, 1.165) is 5.56 Å². The zero-order valence-corrected chi connectivity index (χ0v) is 5.83. The molecule has 1 nitrogen and oxygen atoms in total. The van der Waals surface area contributed by atoms with Crippen LogP contribution in [0.3, 0.4) is 0 Å². The van der Waals surface area contributed by atoms with Crippen molar-refractivity contribution < 1.29 is 8.81 Å². The highest BCUT2D eigenvalue weighted by atomic mass is 79.9. The number of hydrogen-bond acceptors (Lipinski definition) is 1. The van der Waals surface area contributed by atoms with Crippen molar-refractivity contribution in [3.05, 3.63) is 22.3 Å². The first-order chi connectivity index (χ1) is 3.70. The average molecular weight is 179 g/mol. The fraction of sp³-hybridized carbons (Fsp3) is 0.200. The molecule has 0 saturated carbocycles. The van der Waals surface area contributed by atoms with E-state index in [9.17, 15) is 4.39 Å². The summed E-state index contributed by atoms with van der Waals surface area (Å²) < 4.78 is 16.9. The van der Waals surface area contributed by atoms with Crippen molar-refractivity contribution in [2.45, 2.75) is 6.92 Å². The molecule has 1 rings (SSSR count). The molecule has 0 aliphatic heterocycles. The lowest BCUT2D eigenvalue weighted by Crippen LogP contribution is -1.57. The van der Waals surface area contributed by atoms with Crippen LogP contribution in [-0.4, -0.2) is 0 Å². The standard InChI is InChI=1S/C5H4BrFO/c1-3-2-4(7)8-5(3)6/h2H,1H3. The molecular formula is C5H4BrFO. The van der Waals surface area contributed by atoms with E-state index in [4.69, 9.17) is 0 Å².